The van der Waals surface area contributed by atoms with E-state index >= 15 is 0 Å². The van der Waals surface area contributed by atoms with Gasteiger partial charge in [0.15, 0.2) is 0 Å². The molecule has 4 nitrogen and oxygen atoms in total. The lowest BCUT2D eigenvalue weighted by molar-refractivity contribution is 0.168. The van der Waals surface area contributed by atoms with Gasteiger partial charge in [0.25, 0.3) is 0 Å². The van der Waals surface area contributed by atoms with Crippen LogP contribution in [0.3, 0.4) is 0 Å². The number of rotatable bonds is 4. The number of aliphatic hydroxyl groups is 1. The van der Waals surface area contributed by atoms with Crippen LogP contribution >= 0.6 is 0 Å². The molecule has 0 aliphatic heterocycles. The van der Waals surface area contributed by atoms with Crippen LogP contribution in [0.15, 0.2) is 12.1 Å². The second-order valence-electron chi connectivity index (χ2n) is 4.44. The molecule has 2 unspecified atom stereocenters. The molecule has 0 saturated heterocycles. The molecule has 16 heavy (non-hydrogen) atoms. The van der Waals surface area contributed by atoms with Gasteiger partial charge in [-0.3, -0.25) is 0 Å². The van der Waals surface area contributed by atoms with Gasteiger partial charge in [0.1, 0.15) is 5.82 Å². The van der Waals surface area contributed by atoms with Gasteiger partial charge in [-0.25, -0.2) is 4.98 Å². The van der Waals surface area contributed by atoms with Crippen LogP contribution in [0.2, 0.25) is 0 Å². The molecule has 2 rings (SSSR count). The van der Waals surface area contributed by atoms with Gasteiger partial charge in [-0.1, -0.05) is 6.07 Å². The van der Waals surface area contributed by atoms with Crippen LogP contribution in [0.5, 0.6) is 0 Å². The van der Waals surface area contributed by atoms with E-state index in [2.05, 4.69) is 16.4 Å². The molecule has 0 amide bonds. The average Bonchev–Trinajstić information content (AvgIpc) is 2.72. The number of nitrogens with zero attached hydrogens (tertiary/aromatic N) is 1. The molecule has 1 heterocycles. The summed E-state index contributed by atoms with van der Waals surface area (Å²) in [5.41, 5.74) is 8.31. The summed E-state index contributed by atoms with van der Waals surface area (Å²) < 4.78 is 0. The van der Waals surface area contributed by atoms with Crippen molar-refractivity contribution in [3.63, 3.8) is 0 Å². The molecule has 0 saturated carbocycles. The van der Waals surface area contributed by atoms with E-state index in [1.807, 2.05) is 6.07 Å². The van der Waals surface area contributed by atoms with Gasteiger partial charge in [0.05, 0.1) is 6.10 Å². The number of pyridine rings is 1. The second kappa shape index (κ2) is 4.80. The highest BCUT2D eigenvalue weighted by molar-refractivity contribution is 5.40. The number of hydrogen-bond donors (Lipinski definition) is 3. The Morgan fingerprint density at radius 1 is 1.50 bits per heavy atom. The zero-order valence-corrected chi connectivity index (χ0v) is 9.61. The Balaban J connectivity index is 1.95. The second-order valence-corrected chi connectivity index (χ2v) is 4.44. The predicted molar refractivity (Wildman–Crippen MR) is 64.4 cm³/mol. The molecule has 88 valence electrons. The normalized spacial score (nSPS) is 17.9. The number of aryl methyl sites for hydroxylation is 2. The van der Waals surface area contributed by atoms with E-state index in [1.165, 1.54) is 17.7 Å². The van der Waals surface area contributed by atoms with Gasteiger partial charge in [0, 0.05) is 18.3 Å². The molecule has 0 spiro atoms. The van der Waals surface area contributed by atoms with E-state index < -0.39 is 6.10 Å². The number of nitrogens with two attached hydrogens (primary N) is 1. The molecule has 2 atom stereocenters. The first-order chi connectivity index (χ1) is 7.66. The third-order valence-electron chi connectivity index (χ3n) is 3.07. The number of aromatic nitrogens is 1. The maximum atomic E-state index is 9.27. The molecule has 0 radical (unpaired) electrons. The van der Waals surface area contributed by atoms with Gasteiger partial charge in [-0.05, 0) is 37.8 Å². The van der Waals surface area contributed by atoms with Crippen LogP contribution in [0.25, 0.3) is 0 Å². The van der Waals surface area contributed by atoms with Crippen LogP contribution < -0.4 is 11.1 Å². The predicted octanol–water partition coefficient (Wildman–Crippen LogP) is 0.690. The monoisotopic (exact) mass is 221 g/mol. The van der Waals surface area contributed by atoms with E-state index in [4.69, 9.17) is 5.73 Å². The Bertz CT molecular complexity index is 365. The average molecular weight is 221 g/mol. The van der Waals surface area contributed by atoms with Gasteiger partial charge in [-0.15, -0.1) is 0 Å². The minimum absolute atomic E-state index is 0.255. The topological polar surface area (TPSA) is 71.2 Å². The van der Waals surface area contributed by atoms with E-state index in [9.17, 15) is 5.11 Å². The maximum absolute atomic E-state index is 9.27. The zero-order chi connectivity index (χ0) is 11.5. The summed E-state index contributed by atoms with van der Waals surface area (Å²) in [6, 6.07) is 3.86. The Kier molecular flexibility index (Phi) is 3.41. The van der Waals surface area contributed by atoms with Crippen molar-refractivity contribution in [3.8, 4) is 0 Å². The number of anilines is 1. The Labute approximate surface area is 95.9 Å². The standard InChI is InChI=1S/C12H19N3O/c1-8(16)10(13)7-14-12-6-5-9-3-2-4-11(9)15-12/h5-6,8,10,16H,2-4,7,13H2,1H3,(H,14,15). The van der Waals surface area contributed by atoms with Gasteiger partial charge >= 0.3 is 0 Å². The smallest absolute Gasteiger partial charge is 0.126 e. The first-order valence-corrected chi connectivity index (χ1v) is 5.83. The highest BCUT2D eigenvalue weighted by atomic mass is 16.3. The third-order valence-corrected chi connectivity index (χ3v) is 3.07. The van der Waals surface area contributed by atoms with Gasteiger partial charge in [-0.2, -0.15) is 0 Å². The van der Waals surface area contributed by atoms with Crippen molar-refractivity contribution in [3.05, 3.63) is 23.4 Å². The molecule has 1 aliphatic carbocycles. The SMILES string of the molecule is CC(O)C(N)CNc1ccc2c(n1)CCC2. The first-order valence-electron chi connectivity index (χ1n) is 5.83. The summed E-state index contributed by atoms with van der Waals surface area (Å²) in [6.07, 6.45) is 2.93. The van der Waals surface area contributed by atoms with Crippen molar-refractivity contribution in [1.29, 1.82) is 0 Å². The summed E-state index contributed by atoms with van der Waals surface area (Å²) in [5.74, 6) is 0.858. The van der Waals surface area contributed by atoms with E-state index in [1.54, 1.807) is 6.92 Å². The molecule has 4 N–H and O–H groups in total. The summed E-state index contributed by atoms with van der Waals surface area (Å²) in [5, 5.41) is 12.4. The maximum Gasteiger partial charge on any atom is 0.126 e. The van der Waals surface area contributed by atoms with E-state index in [0.29, 0.717) is 6.54 Å². The fraction of sp³-hybridized carbons (Fsp3) is 0.583. The van der Waals surface area contributed by atoms with Crippen molar-refractivity contribution >= 4 is 5.82 Å². The molecular weight excluding hydrogens is 202 g/mol. The highest BCUT2D eigenvalue weighted by Gasteiger charge is 2.13. The summed E-state index contributed by atoms with van der Waals surface area (Å²) in [7, 11) is 0. The van der Waals surface area contributed by atoms with Crippen LogP contribution in [0, 0.1) is 0 Å². The quantitative estimate of drug-likeness (QED) is 0.699. The molecule has 4 heteroatoms. The molecule has 0 fully saturated rings. The molecule has 1 aromatic rings. The molecule has 1 aromatic heterocycles. The summed E-state index contributed by atoms with van der Waals surface area (Å²) >= 11 is 0. The summed E-state index contributed by atoms with van der Waals surface area (Å²) in [4.78, 5) is 4.54. The Morgan fingerprint density at radius 3 is 3.06 bits per heavy atom. The molecular formula is C12H19N3O. The van der Waals surface area contributed by atoms with Crippen LogP contribution in [0.1, 0.15) is 24.6 Å². The van der Waals surface area contributed by atoms with Crippen molar-refractivity contribution in [1.82, 2.24) is 4.98 Å². The van der Waals surface area contributed by atoms with Crippen molar-refractivity contribution in [2.24, 2.45) is 5.73 Å². The fourth-order valence-electron chi connectivity index (χ4n) is 1.91. The van der Waals surface area contributed by atoms with Crippen LogP contribution in [-0.2, 0) is 12.8 Å². The number of hydrogen-bond acceptors (Lipinski definition) is 4. The molecule has 0 aromatic carbocycles. The van der Waals surface area contributed by atoms with Crippen molar-refractivity contribution < 1.29 is 5.11 Å². The number of fused-ring (bicyclic) bond motifs is 1. The Morgan fingerprint density at radius 2 is 2.31 bits per heavy atom. The largest absolute Gasteiger partial charge is 0.392 e. The van der Waals surface area contributed by atoms with Gasteiger partial charge in [0.2, 0.25) is 0 Å². The third kappa shape index (κ3) is 2.51. The number of aliphatic hydroxyl groups excluding tert-OH is 1. The van der Waals surface area contributed by atoms with E-state index in [-0.39, 0.29) is 6.04 Å². The van der Waals surface area contributed by atoms with E-state index in [0.717, 1.165) is 18.7 Å². The van der Waals surface area contributed by atoms with Crippen LogP contribution in [0.4, 0.5) is 5.82 Å². The van der Waals surface area contributed by atoms with Crippen LogP contribution in [-0.4, -0.2) is 28.8 Å². The lowest BCUT2D eigenvalue weighted by Crippen LogP contribution is -2.38. The lowest BCUT2D eigenvalue weighted by Gasteiger charge is -2.16. The Hall–Kier alpha value is -1.13. The highest BCUT2D eigenvalue weighted by Crippen LogP contribution is 2.21. The minimum atomic E-state index is -0.498. The van der Waals surface area contributed by atoms with Crippen molar-refractivity contribution in [2.45, 2.75) is 38.3 Å². The molecule has 0 bridgehead atoms. The summed E-state index contributed by atoms with van der Waals surface area (Å²) in [6.45, 7) is 2.24. The fourth-order valence-corrected chi connectivity index (χ4v) is 1.91. The first kappa shape index (κ1) is 11.4. The zero-order valence-electron chi connectivity index (χ0n) is 9.61. The van der Waals surface area contributed by atoms with Gasteiger partial charge < -0.3 is 16.2 Å². The number of nitrogens with one attached hydrogen (secondary N) is 1. The van der Waals surface area contributed by atoms with Crippen molar-refractivity contribution in [2.75, 3.05) is 11.9 Å². The molecule has 1 aliphatic rings. The lowest BCUT2D eigenvalue weighted by atomic mass is 10.2. The minimum Gasteiger partial charge on any atom is -0.392 e.